The van der Waals surface area contributed by atoms with Crippen LogP contribution in [-0.4, -0.2) is 40.4 Å². The van der Waals surface area contributed by atoms with Crippen molar-refractivity contribution in [3.8, 4) is 0 Å². The van der Waals surface area contributed by atoms with Gasteiger partial charge in [0.2, 0.25) is 0 Å². The van der Waals surface area contributed by atoms with Gasteiger partial charge in [-0.2, -0.15) is 0 Å². The molecule has 2 heterocycles. The monoisotopic (exact) mass is 267 g/mol. The molecule has 1 fully saturated rings. The molecule has 7 heteroatoms. The van der Waals surface area contributed by atoms with Crippen LogP contribution in [0.1, 0.15) is 24.2 Å². The zero-order valence-corrected chi connectivity index (χ0v) is 11.4. The molecule has 1 aliphatic rings. The van der Waals surface area contributed by atoms with Gasteiger partial charge in [0.1, 0.15) is 17.5 Å². The van der Waals surface area contributed by atoms with E-state index in [1.807, 2.05) is 6.92 Å². The van der Waals surface area contributed by atoms with E-state index in [0.29, 0.717) is 50.1 Å². The molecule has 0 atom stereocenters. The van der Waals surface area contributed by atoms with Crippen LogP contribution in [0.2, 0.25) is 0 Å². The van der Waals surface area contributed by atoms with Crippen molar-refractivity contribution in [1.29, 1.82) is 0 Å². The van der Waals surface area contributed by atoms with Gasteiger partial charge in [0.25, 0.3) is 0 Å². The molecule has 0 bridgehead atoms. The van der Waals surface area contributed by atoms with Gasteiger partial charge in [0.05, 0.1) is 5.60 Å². The number of aromatic nitrogens is 2. The predicted molar refractivity (Wildman–Crippen MR) is 72.8 cm³/mol. The molecular weight excluding hydrogens is 246 g/mol. The van der Waals surface area contributed by atoms with Gasteiger partial charge >= 0.3 is 0 Å². The number of aliphatic hydroxyl groups is 1. The maximum atomic E-state index is 10.4. The topological polar surface area (TPSA) is 105 Å². The van der Waals surface area contributed by atoms with E-state index < -0.39 is 5.60 Å². The lowest BCUT2D eigenvalue weighted by Gasteiger charge is -2.32. The minimum Gasteiger partial charge on any atom is -0.388 e. The molecule has 0 radical (unpaired) electrons. The Hall–Kier alpha value is -1.44. The Balaban J connectivity index is 2.08. The van der Waals surface area contributed by atoms with Crippen LogP contribution < -0.4 is 16.6 Å². The van der Waals surface area contributed by atoms with Gasteiger partial charge in [-0.1, -0.05) is 0 Å². The molecule has 1 aromatic rings. The van der Waals surface area contributed by atoms with E-state index in [9.17, 15) is 5.11 Å². The molecule has 1 aliphatic heterocycles. The number of nitrogen functional groups attached to an aromatic ring is 1. The summed E-state index contributed by atoms with van der Waals surface area (Å²) in [5, 5.41) is 13.6. The normalized spacial score (nSPS) is 18.1. The standard InChI is InChI=1S/C12H21N5O2/c1-8-10(15-9(2)16-11(8)17-13)14-7-12(18)3-5-19-6-4-12/h18H,3-7,13H2,1-2H3,(H2,14,15,16,17). The van der Waals surface area contributed by atoms with E-state index in [-0.39, 0.29) is 0 Å². The van der Waals surface area contributed by atoms with E-state index in [1.54, 1.807) is 6.92 Å². The average molecular weight is 267 g/mol. The van der Waals surface area contributed by atoms with Crippen molar-refractivity contribution in [2.24, 2.45) is 5.84 Å². The van der Waals surface area contributed by atoms with Gasteiger partial charge < -0.3 is 20.6 Å². The quantitative estimate of drug-likeness (QED) is 0.460. The second-order valence-electron chi connectivity index (χ2n) is 4.93. The average Bonchev–Trinajstić information content (AvgIpc) is 2.40. The molecule has 1 aromatic heterocycles. The van der Waals surface area contributed by atoms with Crippen molar-refractivity contribution in [2.45, 2.75) is 32.3 Å². The van der Waals surface area contributed by atoms with Gasteiger partial charge in [0.15, 0.2) is 0 Å². The number of anilines is 2. The molecule has 0 aliphatic carbocycles. The number of aryl methyl sites for hydroxylation is 1. The summed E-state index contributed by atoms with van der Waals surface area (Å²) in [6, 6.07) is 0. The van der Waals surface area contributed by atoms with Crippen molar-refractivity contribution < 1.29 is 9.84 Å². The molecule has 2 rings (SSSR count). The maximum Gasteiger partial charge on any atom is 0.148 e. The lowest BCUT2D eigenvalue weighted by Crippen LogP contribution is -2.42. The number of nitrogens with one attached hydrogen (secondary N) is 2. The third kappa shape index (κ3) is 3.31. The van der Waals surface area contributed by atoms with Gasteiger partial charge in [-0.05, 0) is 13.8 Å². The molecule has 0 amide bonds. The van der Waals surface area contributed by atoms with Crippen molar-refractivity contribution in [2.75, 3.05) is 30.5 Å². The molecule has 0 spiro atoms. The van der Waals surface area contributed by atoms with Gasteiger partial charge in [-0.15, -0.1) is 0 Å². The Morgan fingerprint density at radius 3 is 2.53 bits per heavy atom. The predicted octanol–water partition coefficient (Wildman–Crippen LogP) is 0.332. The summed E-state index contributed by atoms with van der Waals surface area (Å²) in [6.45, 7) is 5.31. The summed E-state index contributed by atoms with van der Waals surface area (Å²) < 4.78 is 5.26. The first-order valence-corrected chi connectivity index (χ1v) is 6.40. The summed E-state index contributed by atoms with van der Waals surface area (Å²) in [6.07, 6.45) is 1.26. The second kappa shape index (κ2) is 5.68. The zero-order chi connectivity index (χ0) is 13.9. The molecule has 0 unspecified atom stereocenters. The molecule has 106 valence electrons. The minimum absolute atomic E-state index is 0.442. The van der Waals surface area contributed by atoms with Gasteiger partial charge in [-0.25, -0.2) is 15.8 Å². The fourth-order valence-corrected chi connectivity index (χ4v) is 2.12. The first kappa shape index (κ1) is 14.0. The summed E-state index contributed by atoms with van der Waals surface area (Å²) in [5.41, 5.74) is 2.65. The Kier molecular flexibility index (Phi) is 4.18. The van der Waals surface area contributed by atoms with E-state index in [4.69, 9.17) is 10.6 Å². The van der Waals surface area contributed by atoms with Crippen LogP contribution in [0.3, 0.4) is 0 Å². The number of hydrogen-bond donors (Lipinski definition) is 4. The first-order chi connectivity index (χ1) is 9.04. The van der Waals surface area contributed by atoms with Gasteiger partial charge in [0, 0.05) is 38.2 Å². The number of ether oxygens (including phenoxy) is 1. The Labute approximate surface area is 112 Å². The highest BCUT2D eigenvalue weighted by atomic mass is 16.5. The lowest BCUT2D eigenvalue weighted by molar-refractivity contribution is -0.0543. The highest BCUT2D eigenvalue weighted by Crippen LogP contribution is 2.23. The summed E-state index contributed by atoms with van der Waals surface area (Å²) in [4.78, 5) is 8.53. The largest absolute Gasteiger partial charge is 0.388 e. The van der Waals surface area contributed by atoms with Crippen LogP contribution in [0.5, 0.6) is 0 Å². The number of nitrogens with zero attached hydrogens (tertiary/aromatic N) is 2. The number of hydrogen-bond acceptors (Lipinski definition) is 7. The SMILES string of the molecule is Cc1nc(NN)c(C)c(NCC2(O)CCOCC2)n1. The third-order valence-corrected chi connectivity index (χ3v) is 3.40. The van der Waals surface area contributed by atoms with Crippen molar-refractivity contribution in [3.05, 3.63) is 11.4 Å². The summed E-state index contributed by atoms with van der Waals surface area (Å²) in [7, 11) is 0. The van der Waals surface area contributed by atoms with Crippen LogP contribution in [-0.2, 0) is 4.74 Å². The highest BCUT2D eigenvalue weighted by Gasteiger charge is 2.29. The molecule has 19 heavy (non-hydrogen) atoms. The Bertz CT molecular complexity index is 446. The summed E-state index contributed by atoms with van der Waals surface area (Å²) >= 11 is 0. The first-order valence-electron chi connectivity index (χ1n) is 6.40. The van der Waals surface area contributed by atoms with E-state index in [0.717, 1.165) is 5.56 Å². The van der Waals surface area contributed by atoms with E-state index >= 15 is 0 Å². The second-order valence-corrected chi connectivity index (χ2v) is 4.93. The minimum atomic E-state index is -0.736. The van der Waals surface area contributed by atoms with Crippen LogP contribution in [0.25, 0.3) is 0 Å². The summed E-state index contributed by atoms with van der Waals surface area (Å²) in [5.74, 6) is 7.33. The molecule has 0 saturated carbocycles. The Morgan fingerprint density at radius 2 is 1.89 bits per heavy atom. The molecule has 7 nitrogen and oxygen atoms in total. The van der Waals surface area contributed by atoms with Crippen molar-refractivity contribution in [3.63, 3.8) is 0 Å². The molecule has 5 N–H and O–H groups in total. The van der Waals surface area contributed by atoms with Crippen LogP contribution in [0, 0.1) is 13.8 Å². The molecule has 1 saturated heterocycles. The molecule has 0 aromatic carbocycles. The fourth-order valence-electron chi connectivity index (χ4n) is 2.12. The number of rotatable bonds is 4. The van der Waals surface area contributed by atoms with Crippen molar-refractivity contribution >= 4 is 11.6 Å². The van der Waals surface area contributed by atoms with E-state index in [2.05, 4.69) is 20.7 Å². The van der Waals surface area contributed by atoms with Crippen LogP contribution >= 0.6 is 0 Å². The maximum absolute atomic E-state index is 10.4. The molecular formula is C12H21N5O2. The van der Waals surface area contributed by atoms with Crippen LogP contribution in [0.4, 0.5) is 11.6 Å². The smallest absolute Gasteiger partial charge is 0.148 e. The fraction of sp³-hybridized carbons (Fsp3) is 0.667. The highest BCUT2D eigenvalue weighted by molar-refractivity contribution is 5.56. The lowest BCUT2D eigenvalue weighted by atomic mass is 9.94. The van der Waals surface area contributed by atoms with Crippen LogP contribution in [0.15, 0.2) is 0 Å². The van der Waals surface area contributed by atoms with E-state index in [1.165, 1.54) is 0 Å². The Morgan fingerprint density at radius 1 is 1.26 bits per heavy atom. The van der Waals surface area contributed by atoms with Crippen molar-refractivity contribution in [1.82, 2.24) is 9.97 Å². The third-order valence-electron chi connectivity index (χ3n) is 3.40. The number of hydrazine groups is 1. The zero-order valence-electron chi connectivity index (χ0n) is 11.4. The number of nitrogens with two attached hydrogens (primary N) is 1. The van der Waals surface area contributed by atoms with Gasteiger partial charge in [-0.3, -0.25) is 0 Å².